The van der Waals surface area contributed by atoms with E-state index in [4.69, 9.17) is 4.74 Å². The van der Waals surface area contributed by atoms with Crippen LogP contribution in [0.25, 0.3) is 0 Å². The van der Waals surface area contributed by atoms with Gasteiger partial charge in [0.1, 0.15) is 30.0 Å². The number of carbonyl (C=O) groups excluding carboxylic acids is 2. The topological polar surface area (TPSA) is 96.0 Å². The van der Waals surface area contributed by atoms with E-state index in [1.165, 1.54) is 65.6 Å². The number of benzene rings is 3. The molecule has 2 amide bonds. The van der Waals surface area contributed by atoms with Crippen LogP contribution in [-0.2, 0) is 26.2 Å². The largest absolute Gasteiger partial charge is 0.494 e. The van der Waals surface area contributed by atoms with Crippen molar-refractivity contribution in [2.45, 2.75) is 69.5 Å². The van der Waals surface area contributed by atoms with Crippen LogP contribution < -0.4 is 14.4 Å². The summed E-state index contributed by atoms with van der Waals surface area (Å²) in [6.45, 7) is 3.07. The number of hydrogen-bond acceptors (Lipinski definition) is 5. The Morgan fingerprint density at radius 2 is 1.49 bits per heavy atom. The molecule has 0 radical (unpaired) electrons. The normalized spacial score (nSPS) is 14.5. The van der Waals surface area contributed by atoms with Crippen LogP contribution in [-0.4, -0.2) is 50.4 Å². The number of ether oxygens (including phenoxy) is 1. The molecule has 1 aliphatic carbocycles. The first-order valence-corrected chi connectivity index (χ1v) is 15.9. The highest BCUT2D eigenvalue weighted by Gasteiger charge is 2.33. The second-order valence-corrected chi connectivity index (χ2v) is 12.4. The molecule has 230 valence electrons. The Hall–Kier alpha value is -3.99. The fourth-order valence-electron chi connectivity index (χ4n) is 5.08. The van der Waals surface area contributed by atoms with Crippen molar-refractivity contribution >= 4 is 27.5 Å². The zero-order valence-corrected chi connectivity index (χ0v) is 25.2. The van der Waals surface area contributed by atoms with Gasteiger partial charge in [0.25, 0.3) is 10.0 Å². The number of nitrogens with zero attached hydrogens (tertiary/aromatic N) is 2. The molecule has 43 heavy (non-hydrogen) atoms. The van der Waals surface area contributed by atoms with Gasteiger partial charge in [0.15, 0.2) is 0 Å². The van der Waals surface area contributed by atoms with Gasteiger partial charge in [-0.15, -0.1) is 0 Å². The minimum Gasteiger partial charge on any atom is -0.494 e. The summed E-state index contributed by atoms with van der Waals surface area (Å²) >= 11 is 0. The Bertz CT molecular complexity index is 1480. The molecule has 1 aliphatic rings. The van der Waals surface area contributed by atoms with E-state index in [9.17, 15) is 26.8 Å². The molecule has 0 saturated heterocycles. The van der Waals surface area contributed by atoms with Gasteiger partial charge in [0, 0.05) is 12.6 Å². The Morgan fingerprint density at radius 3 is 2.07 bits per heavy atom. The highest BCUT2D eigenvalue weighted by atomic mass is 32.2. The highest BCUT2D eigenvalue weighted by molar-refractivity contribution is 7.92. The predicted molar refractivity (Wildman–Crippen MR) is 160 cm³/mol. The number of sulfonamides is 1. The molecule has 0 heterocycles. The summed E-state index contributed by atoms with van der Waals surface area (Å²) in [6, 6.07) is 15.1. The lowest BCUT2D eigenvalue weighted by Gasteiger charge is -2.33. The molecule has 3 aromatic carbocycles. The lowest BCUT2D eigenvalue weighted by molar-refractivity contribution is -0.139. The van der Waals surface area contributed by atoms with Crippen molar-refractivity contribution in [3.8, 4) is 5.75 Å². The minimum atomic E-state index is -4.32. The van der Waals surface area contributed by atoms with Crippen molar-refractivity contribution in [2.24, 2.45) is 0 Å². The first-order valence-electron chi connectivity index (χ1n) is 14.4. The lowest BCUT2D eigenvalue weighted by atomic mass is 9.95. The Morgan fingerprint density at radius 1 is 0.907 bits per heavy atom. The smallest absolute Gasteiger partial charge is 0.264 e. The summed E-state index contributed by atoms with van der Waals surface area (Å²) in [5, 5.41) is 3.03. The zero-order valence-electron chi connectivity index (χ0n) is 24.3. The fourth-order valence-corrected chi connectivity index (χ4v) is 6.49. The highest BCUT2D eigenvalue weighted by Crippen LogP contribution is 2.26. The molecule has 1 atom stereocenters. The Labute approximate surface area is 251 Å². The number of hydrogen-bond donors (Lipinski definition) is 1. The number of carbonyl (C=O) groups is 2. The van der Waals surface area contributed by atoms with Crippen LogP contribution in [0.4, 0.5) is 14.5 Å². The van der Waals surface area contributed by atoms with Crippen molar-refractivity contribution in [1.29, 1.82) is 0 Å². The second kappa shape index (κ2) is 14.5. The number of nitrogens with one attached hydrogen (secondary N) is 1. The third-order valence-corrected chi connectivity index (χ3v) is 9.29. The molecule has 11 heteroatoms. The molecule has 0 aromatic heterocycles. The second-order valence-electron chi connectivity index (χ2n) is 10.6. The van der Waals surface area contributed by atoms with Crippen LogP contribution in [0, 0.1) is 11.6 Å². The fraction of sp³-hybridized carbons (Fsp3) is 0.375. The van der Waals surface area contributed by atoms with E-state index < -0.39 is 40.2 Å². The molecular formula is C32H37F2N3O5S. The average molecular weight is 614 g/mol. The maximum atomic E-state index is 14.0. The standard InChI is InChI=1S/C32H37F2N3O5S/c1-3-42-29-17-19-30(20-18-29)43(40,41)37(28-15-13-26(34)14-16-28)22-31(38)36(21-24-9-11-25(33)12-10-24)23(2)32(39)35-27-7-5-4-6-8-27/h9-20,23,27H,3-8,21-22H2,1-2H3,(H,35,39)/t23-/m1/s1. The summed E-state index contributed by atoms with van der Waals surface area (Å²) in [5.41, 5.74) is 0.638. The predicted octanol–water partition coefficient (Wildman–Crippen LogP) is 5.43. The number of amides is 2. The molecule has 1 saturated carbocycles. The number of rotatable bonds is 12. The quantitative estimate of drug-likeness (QED) is 0.294. The Kier molecular flexibility index (Phi) is 10.7. The van der Waals surface area contributed by atoms with E-state index in [0.29, 0.717) is 17.9 Å². The van der Waals surface area contributed by atoms with E-state index in [2.05, 4.69) is 5.32 Å². The Balaban J connectivity index is 1.66. The molecule has 0 unspecified atom stereocenters. The summed E-state index contributed by atoms with van der Waals surface area (Å²) in [6.07, 6.45) is 4.83. The van der Waals surface area contributed by atoms with Gasteiger partial charge >= 0.3 is 0 Å². The van der Waals surface area contributed by atoms with E-state index in [1.807, 2.05) is 0 Å². The molecular weight excluding hydrogens is 576 g/mol. The van der Waals surface area contributed by atoms with Crippen LogP contribution >= 0.6 is 0 Å². The summed E-state index contributed by atoms with van der Waals surface area (Å²) in [5.74, 6) is -1.55. The van der Waals surface area contributed by atoms with E-state index in [-0.39, 0.29) is 29.1 Å². The van der Waals surface area contributed by atoms with Crippen LogP contribution in [0.15, 0.2) is 77.7 Å². The van der Waals surface area contributed by atoms with E-state index in [1.54, 1.807) is 13.8 Å². The number of halogens is 2. The van der Waals surface area contributed by atoms with Crippen molar-refractivity contribution < 1.29 is 31.5 Å². The third kappa shape index (κ3) is 8.31. The third-order valence-electron chi connectivity index (χ3n) is 7.50. The minimum absolute atomic E-state index is 0.00206. The average Bonchev–Trinajstić information content (AvgIpc) is 3.00. The molecule has 8 nitrogen and oxygen atoms in total. The summed E-state index contributed by atoms with van der Waals surface area (Å²) < 4.78 is 61.6. The van der Waals surface area contributed by atoms with Gasteiger partial charge in [-0.2, -0.15) is 0 Å². The molecule has 4 rings (SSSR count). The van der Waals surface area contributed by atoms with Crippen molar-refractivity contribution in [3.63, 3.8) is 0 Å². The van der Waals surface area contributed by atoms with Crippen LogP contribution in [0.2, 0.25) is 0 Å². The van der Waals surface area contributed by atoms with Crippen molar-refractivity contribution in [2.75, 3.05) is 17.5 Å². The maximum absolute atomic E-state index is 14.0. The molecule has 3 aromatic rings. The molecule has 0 bridgehead atoms. The van der Waals surface area contributed by atoms with Gasteiger partial charge in [-0.3, -0.25) is 13.9 Å². The van der Waals surface area contributed by atoms with Crippen LogP contribution in [0.1, 0.15) is 51.5 Å². The van der Waals surface area contributed by atoms with Crippen molar-refractivity contribution in [1.82, 2.24) is 10.2 Å². The first-order chi connectivity index (χ1) is 20.6. The zero-order chi connectivity index (χ0) is 31.0. The van der Waals surface area contributed by atoms with E-state index in [0.717, 1.165) is 48.5 Å². The molecule has 0 spiro atoms. The van der Waals surface area contributed by atoms with Gasteiger partial charge in [0.05, 0.1) is 17.2 Å². The first kappa shape index (κ1) is 31.9. The summed E-state index contributed by atoms with van der Waals surface area (Å²) in [7, 11) is -4.32. The van der Waals surface area contributed by atoms with Gasteiger partial charge in [-0.25, -0.2) is 17.2 Å². The molecule has 0 aliphatic heterocycles. The van der Waals surface area contributed by atoms with Gasteiger partial charge in [-0.05, 0) is 92.9 Å². The lowest BCUT2D eigenvalue weighted by Crippen LogP contribution is -2.53. The summed E-state index contributed by atoms with van der Waals surface area (Å²) in [4.78, 5) is 28.5. The molecule has 1 N–H and O–H groups in total. The van der Waals surface area contributed by atoms with Crippen molar-refractivity contribution in [3.05, 3.63) is 90.0 Å². The van der Waals surface area contributed by atoms with Crippen LogP contribution in [0.5, 0.6) is 5.75 Å². The molecule has 1 fully saturated rings. The monoisotopic (exact) mass is 613 g/mol. The van der Waals surface area contributed by atoms with Gasteiger partial charge < -0.3 is 15.0 Å². The number of anilines is 1. The van der Waals surface area contributed by atoms with Gasteiger partial charge in [0.2, 0.25) is 11.8 Å². The maximum Gasteiger partial charge on any atom is 0.264 e. The van der Waals surface area contributed by atoms with E-state index >= 15 is 0 Å². The SMILES string of the molecule is CCOc1ccc(S(=O)(=O)N(CC(=O)N(Cc2ccc(F)cc2)[C@H](C)C(=O)NC2CCCCC2)c2ccc(F)cc2)cc1. The van der Waals surface area contributed by atoms with Gasteiger partial charge in [-0.1, -0.05) is 31.4 Å². The van der Waals surface area contributed by atoms with Crippen LogP contribution in [0.3, 0.4) is 0 Å².